The molecule has 0 amide bonds. The highest BCUT2D eigenvalue weighted by Crippen LogP contribution is 2.35. The van der Waals surface area contributed by atoms with Crippen LogP contribution in [0.5, 0.6) is 0 Å². The van der Waals surface area contributed by atoms with Crippen LogP contribution in [0.1, 0.15) is 46.5 Å². The fourth-order valence-electron chi connectivity index (χ4n) is 2.87. The van der Waals surface area contributed by atoms with Crippen LogP contribution >= 0.6 is 23.5 Å². The third-order valence-electron chi connectivity index (χ3n) is 4.04. The van der Waals surface area contributed by atoms with Gasteiger partial charge in [-0.15, -0.1) is 0 Å². The van der Waals surface area contributed by atoms with E-state index in [1.165, 1.54) is 24.1 Å². The Morgan fingerprint density at radius 1 is 1.38 bits per heavy atom. The summed E-state index contributed by atoms with van der Waals surface area (Å²) in [6.07, 6.45) is 3.26. The minimum absolute atomic E-state index is 0.0366. The number of non-ortho nitro benzene ring substituents is 1. The van der Waals surface area contributed by atoms with Crippen molar-refractivity contribution in [1.29, 1.82) is 0 Å². The molecule has 0 spiro atoms. The Morgan fingerprint density at radius 3 is 2.77 bits per heavy atom. The van der Waals surface area contributed by atoms with Gasteiger partial charge in [0.25, 0.3) is 5.69 Å². The van der Waals surface area contributed by atoms with E-state index in [4.69, 9.17) is 16.3 Å². The second kappa shape index (κ2) is 9.06. The number of benzene rings is 1. The molecule has 26 heavy (non-hydrogen) atoms. The van der Waals surface area contributed by atoms with E-state index in [-0.39, 0.29) is 11.7 Å². The Balaban J connectivity index is 1.92. The summed E-state index contributed by atoms with van der Waals surface area (Å²) in [4.78, 5) is 23.3. The van der Waals surface area contributed by atoms with Crippen molar-refractivity contribution in [3.05, 3.63) is 33.3 Å². The first-order valence-electron chi connectivity index (χ1n) is 8.73. The van der Waals surface area contributed by atoms with Crippen LogP contribution in [0.4, 0.5) is 5.69 Å². The number of nitrogens with zero attached hydrogens (tertiary/aromatic N) is 2. The van der Waals surface area contributed by atoms with Crippen molar-refractivity contribution in [3.63, 3.8) is 0 Å². The molecule has 1 unspecified atom stereocenters. The largest absolute Gasteiger partial charge is 0.460 e. The molecule has 6 nitrogen and oxygen atoms in total. The van der Waals surface area contributed by atoms with Crippen LogP contribution in [0.3, 0.4) is 0 Å². The van der Waals surface area contributed by atoms with Gasteiger partial charge in [-0.2, -0.15) is 0 Å². The van der Waals surface area contributed by atoms with Crippen molar-refractivity contribution in [3.8, 4) is 0 Å². The zero-order chi connectivity index (χ0) is 19.3. The Kier molecular flexibility index (Phi) is 7.32. The first kappa shape index (κ1) is 21.0. The van der Waals surface area contributed by atoms with Gasteiger partial charge in [0.1, 0.15) is 5.60 Å². The molecule has 2 rings (SSSR count). The Morgan fingerprint density at radius 2 is 2.12 bits per heavy atom. The lowest BCUT2D eigenvalue weighted by molar-refractivity contribution is -0.385. The summed E-state index contributed by atoms with van der Waals surface area (Å²) >= 11 is 7.64. The van der Waals surface area contributed by atoms with Crippen LogP contribution in [0, 0.1) is 16.0 Å². The third kappa shape index (κ3) is 6.78. The lowest BCUT2D eigenvalue weighted by atomic mass is 9.97. The average Bonchev–Trinajstić information content (AvgIpc) is 2.72. The molecular formula is C18H25ClN2O4S. The fraction of sp³-hybridized carbons (Fsp3) is 0.611. The van der Waals surface area contributed by atoms with Gasteiger partial charge in [-0.25, -0.2) is 4.31 Å². The molecule has 1 aromatic rings. The number of halogens is 1. The average molecular weight is 401 g/mol. The van der Waals surface area contributed by atoms with E-state index in [9.17, 15) is 14.9 Å². The van der Waals surface area contributed by atoms with Gasteiger partial charge >= 0.3 is 5.97 Å². The number of hydrogen-bond acceptors (Lipinski definition) is 6. The van der Waals surface area contributed by atoms with Crippen molar-refractivity contribution in [2.45, 2.75) is 57.0 Å². The zero-order valence-corrected chi connectivity index (χ0v) is 16.9. The first-order valence-corrected chi connectivity index (χ1v) is 9.88. The topological polar surface area (TPSA) is 72.7 Å². The van der Waals surface area contributed by atoms with E-state index in [2.05, 4.69) is 4.31 Å². The lowest BCUT2D eigenvalue weighted by Crippen LogP contribution is -2.25. The second-order valence-electron chi connectivity index (χ2n) is 7.48. The predicted octanol–water partition coefficient (Wildman–Crippen LogP) is 5.09. The number of ether oxygens (including phenoxy) is 1. The number of rotatable bonds is 5. The Hall–Kier alpha value is -1.31. The highest BCUT2D eigenvalue weighted by Gasteiger charge is 2.24. The molecule has 1 aromatic carbocycles. The molecule has 1 atom stereocenters. The Bertz CT molecular complexity index is 663. The normalized spacial score (nSPS) is 19.0. The highest BCUT2D eigenvalue weighted by atomic mass is 35.5. The number of carbonyl (C=O) groups excluding carboxylic acids is 1. The van der Waals surface area contributed by atoms with E-state index in [0.29, 0.717) is 22.3 Å². The van der Waals surface area contributed by atoms with Gasteiger partial charge in [0.05, 0.1) is 9.95 Å². The highest BCUT2D eigenvalue weighted by molar-refractivity contribution is 7.97. The number of esters is 1. The number of nitro groups is 1. The van der Waals surface area contributed by atoms with Gasteiger partial charge in [-0.1, -0.05) is 11.6 Å². The standard InChI is InChI=1S/C18H25ClN2O4S/c1-18(2,3)25-17(22)11-13-5-4-9-20(10-8-13)26-16-12-14(21(23)24)6-7-15(16)19/h6-7,12-13H,4-5,8-11H2,1-3H3. The molecule has 1 fully saturated rings. The minimum Gasteiger partial charge on any atom is -0.460 e. The van der Waals surface area contributed by atoms with Crippen molar-refractivity contribution in [2.24, 2.45) is 5.92 Å². The van der Waals surface area contributed by atoms with Crippen molar-refractivity contribution >= 4 is 35.2 Å². The van der Waals surface area contributed by atoms with E-state index in [1.807, 2.05) is 20.8 Å². The predicted molar refractivity (Wildman–Crippen MR) is 103 cm³/mol. The van der Waals surface area contributed by atoms with E-state index in [0.717, 1.165) is 32.4 Å². The molecule has 0 radical (unpaired) electrons. The maximum atomic E-state index is 12.0. The van der Waals surface area contributed by atoms with Gasteiger partial charge in [-0.3, -0.25) is 14.9 Å². The number of hydrogen-bond donors (Lipinski definition) is 0. The second-order valence-corrected chi connectivity index (χ2v) is 9.03. The minimum atomic E-state index is -0.456. The first-order chi connectivity index (χ1) is 12.1. The molecule has 8 heteroatoms. The van der Waals surface area contributed by atoms with Crippen molar-refractivity contribution < 1.29 is 14.5 Å². The van der Waals surface area contributed by atoms with E-state index in [1.54, 1.807) is 6.07 Å². The van der Waals surface area contributed by atoms with Crippen LogP contribution in [-0.2, 0) is 9.53 Å². The Labute approximate surface area is 163 Å². The number of carbonyl (C=O) groups is 1. The van der Waals surface area contributed by atoms with Gasteiger partial charge in [0, 0.05) is 36.5 Å². The summed E-state index contributed by atoms with van der Waals surface area (Å²) in [7, 11) is 0. The quantitative estimate of drug-likeness (QED) is 0.296. The molecule has 1 heterocycles. The van der Waals surface area contributed by atoms with Crippen molar-refractivity contribution in [1.82, 2.24) is 4.31 Å². The maximum Gasteiger partial charge on any atom is 0.306 e. The molecule has 1 aliphatic rings. The van der Waals surface area contributed by atoms with Gasteiger partial charge < -0.3 is 4.74 Å². The monoisotopic (exact) mass is 400 g/mol. The van der Waals surface area contributed by atoms with Crippen LogP contribution in [0.15, 0.2) is 23.1 Å². The molecule has 0 aliphatic carbocycles. The molecule has 0 N–H and O–H groups in total. The fourth-order valence-corrected chi connectivity index (χ4v) is 4.11. The summed E-state index contributed by atoms with van der Waals surface area (Å²) in [6, 6.07) is 4.48. The number of nitro benzene ring substituents is 1. The molecule has 0 bridgehead atoms. The molecule has 144 valence electrons. The van der Waals surface area contributed by atoms with Crippen molar-refractivity contribution in [2.75, 3.05) is 13.1 Å². The zero-order valence-electron chi connectivity index (χ0n) is 15.4. The lowest BCUT2D eigenvalue weighted by Gasteiger charge is -2.22. The van der Waals surface area contributed by atoms with Gasteiger partial charge in [0.2, 0.25) is 0 Å². The summed E-state index contributed by atoms with van der Waals surface area (Å²) in [6.45, 7) is 7.28. The van der Waals surface area contributed by atoms with Crippen LogP contribution in [0.25, 0.3) is 0 Å². The van der Waals surface area contributed by atoms with Gasteiger partial charge in [0.15, 0.2) is 0 Å². The van der Waals surface area contributed by atoms with Gasteiger partial charge in [-0.05, 0) is 64.0 Å². The van der Waals surface area contributed by atoms with E-state index < -0.39 is 10.5 Å². The summed E-state index contributed by atoms with van der Waals surface area (Å²) in [5.74, 6) is 0.154. The smallest absolute Gasteiger partial charge is 0.306 e. The molecule has 0 saturated carbocycles. The maximum absolute atomic E-state index is 12.0. The molecule has 1 aliphatic heterocycles. The summed E-state index contributed by atoms with van der Waals surface area (Å²) < 4.78 is 7.58. The molecular weight excluding hydrogens is 376 g/mol. The molecule has 1 saturated heterocycles. The van der Waals surface area contributed by atoms with Crippen LogP contribution < -0.4 is 0 Å². The summed E-state index contributed by atoms with van der Waals surface area (Å²) in [5.41, 5.74) is -0.419. The van der Waals surface area contributed by atoms with E-state index >= 15 is 0 Å². The van der Waals surface area contributed by atoms with Crippen LogP contribution in [-0.4, -0.2) is 33.9 Å². The SMILES string of the molecule is CC(C)(C)OC(=O)CC1CCCN(Sc2cc([N+](=O)[O-])ccc2Cl)CC1. The third-order valence-corrected chi connectivity index (χ3v) is 5.63. The summed E-state index contributed by atoms with van der Waals surface area (Å²) in [5, 5.41) is 11.5. The van der Waals surface area contributed by atoms with Crippen LogP contribution in [0.2, 0.25) is 5.02 Å². The molecule has 0 aromatic heterocycles.